The largest absolute Gasteiger partial charge is 0.396 e. The van der Waals surface area contributed by atoms with Gasteiger partial charge < -0.3 is 5.11 Å². The van der Waals surface area contributed by atoms with Gasteiger partial charge in [0.2, 0.25) is 10.0 Å². The maximum absolute atomic E-state index is 12.1. The maximum Gasteiger partial charge on any atom is 0.214 e. The predicted molar refractivity (Wildman–Crippen MR) is 73.9 cm³/mol. The van der Waals surface area contributed by atoms with Crippen molar-refractivity contribution >= 4 is 10.0 Å². The van der Waals surface area contributed by atoms with E-state index in [0.717, 1.165) is 31.6 Å². The smallest absolute Gasteiger partial charge is 0.214 e. The first-order valence-electron chi connectivity index (χ1n) is 7.07. The number of unbranched alkanes of at least 4 members (excludes halogenated alkanes) is 1. The minimum Gasteiger partial charge on any atom is -0.396 e. The third-order valence-corrected chi connectivity index (χ3v) is 6.14. The van der Waals surface area contributed by atoms with E-state index in [-0.39, 0.29) is 18.4 Å². The summed E-state index contributed by atoms with van der Waals surface area (Å²) in [7, 11) is -1.42. The van der Waals surface area contributed by atoms with Gasteiger partial charge in [0.15, 0.2) is 0 Å². The highest BCUT2D eigenvalue weighted by molar-refractivity contribution is 7.89. The monoisotopic (exact) mass is 277 g/mol. The van der Waals surface area contributed by atoms with E-state index >= 15 is 0 Å². The van der Waals surface area contributed by atoms with Gasteiger partial charge in [0.05, 0.1) is 5.75 Å². The fourth-order valence-electron chi connectivity index (χ4n) is 2.68. The molecule has 1 fully saturated rings. The first kappa shape index (κ1) is 15.9. The van der Waals surface area contributed by atoms with E-state index in [4.69, 9.17) is 5.11 Å². The molecule has 0 radical (unpaired) electrons. The molecule has 1 saturated carbocycles. The third-order valence-electron chi connectivity index (χ3n) is 4.16. The van der Waals surface area contributed by atoms with E-state index in [0.29, 0.717) is 12.8 Å². The summed E-state index contributed by atoms with van der Waals surface area (Å²) in [6.45, 7) is 2.28. The van der Waals surface area contributed by atoms with E-state index in [1.165, 1.54) is 6.42 Å². The molecule has 0 atom stereocenters. The van der Waals surface area contributed by atoms with Crippen molar-refractivity contribution in [3.63, 3.8) is 0 Å². The van der Waals surface area contributed by atoms with Gasteiger partial charge in [-0.25, -0.2) is 12.7 Å². The Morgan fingerprint density at radius 3 is 2.28 bits per heavy atom. The van der Waals surface area contributed by atoms with Gasteiger partial charge in [-0.1, -0.05) is 13.3 Å². The standard InChI is InChI=1S/C13H27NO3S/c1-3-12-6-8-13(9-7-12)14(2)18(16,17)11-5-4-10-15/h12-13,15H,3-11H2,1-2H3. The Kier molecular flexibility index (Phi) is 6.60. The Morgan fingerprint density at radius 1 is 1.17 bits per heavy atom. The highest BCUT2D eigenvalue weighted by Gasteiger charge is 2.29. The minimum atomic E-state index is -3.13. The van der Waals surface area contributed by atoms with Crippen molar-refractivity contribution in [1.82, 2.24) is 4.31 Å². The summed E-state index contributed by atoms with van der Waals surface area (Å²) in [6, 6.07) is 0.187. The van der Waals surface area contributed by atoms with Crippen molar-refractivity contribution in [3.8, 4) is 0 Å². The average Bonchev–Trinajstić information content (AvgIpc) is 2.38. The van der Waals surface area contributed by atoms with Crippen LogP contribution in [-0.4, -0.2) is 43.3 Å². The van der Waals surface area contributed by atoms with Crippen LogP contribution < -0.4 is 0 Å². The lowest BCUT2D eigenvalue weighted by atomic mass is 9.85. The second-order valence-corrected chi connectivity index (χ2v) is 7.49. The molecule has 0 aromatic heterocycles. The fourth-order valence-corrected chi connectivity index (χ4v) is 4.21. The van der Waals surface area contributed by atoms with Crippen LogP contribution in [0.4, 0.5) is 0 Å². The lowest BCUT2D eigenvalue weighted by molar-refractivity contribution is 0.232. The van der Waals surface area contributed by atoms with Crippen LogP contribution in [0.25, 0.3) is 0 Å². The summed E-state index contributed by atoms with van der Waals surface area (Å²) >= 11 is 0. The van der Waals surface area contributed by atoms with Crippen LogP contribution in [-0.2, 0) is 10.0 Å². The summed E-state index contributed by atoms with van der Waals surface area (Å²) in [5, 5.41) is 8.70. The Morgan fingerprint density at radius 2 is 1.78 bits per heavy atom. The molecule has 0 bridgehead atoms. The molecule has 4 nitrogen and oxygen atoms in total. The van der Waals surface area contributed by atoms with Crippen LogP contribution in [0.1, 0.15) is 51.9 Å². The lowest BCUT2D eigenvalue weighted by Gasteiger charge is -2.33. The van der Waals surface area contributed by atoms with Crippen LogP contribution in [0.2, 0.25) is 0 Å². The van der Waals surface area contributed by atoms with Gasteiger partial charge in [0.1, 0.15) is 0 Å². The van der Waals surface area contributed by atoms with Gasteiger partial charge in [-0.3, -0.25) is 0 Å². The number of nitrogens with zero attached hydrogens (tertiary/aromatic N) is 1. The normalized spacial score (nSPS) is 25.6. The van der Waals surface area contributed by atoms with Crippen LogP contribution in [0.15, 0.2) is 0 Å². The molecule has 1 aliphatic carbocycles. The zero-order chi connectivity index (χ0) is 13.6. The molecule has 0 heterocycles. The molecule has 1 aliphatic rings. The summed E-state index contributed by atoms with van der Waals surface area (Å²) in [6.07, 6.45) is 6.61. The van der Waals surface area contributed by atoms with E-state index in [9.17, 15) is 8.42 Å². The molecule has 0 aromatic rings. The molecule has 0 aromatic carbocycles. The number of aliphatic hydroxyl groups is 1. The molecule has 18 heavy (non-hydrogen) atoms. The Hall–Kier alpha value is -0.130. The molecular formula is C13H27NO3S. The number of hydrogen-bond acceptors (Lipinski definition) is 3. The highest BCUT2D eigenvalue weighted by atomic mass is 32.2. The van der Waals surface area contributed by atoms with Crippen molar-refractivity contribution < 1.29 is 13.5 Å². The highest BCUT2D eigenvalue weighted by Crippen LogP contribution is 2.30. The van der Waals surface area contributed by atoms with Crippen molar-refractivity contribution in [2.45, 2.75) is 57.9 Å². The zero-order valence-electron chi connectivity index (χ0n) is 11.6. The molecule has 0 spiro atoms. The number of rotatable bonds is 7. The predicted octanol–water partition coefficient (Wildman–Crippen LogP) is 1.99. The number of hydrogen-bond donors (Lipinski definition) is 1. The molecule has 1 rings (SSSR count). The Balaban J connectivity index is 2.45. The second kappa shape index (κ2) is 7.46. The van der Waals surface area contributed by atoms with Gasteiger partial charge in [-0.2, -0.15) is 0 Å². The third kappa shape index (κ3) is 4.52. The van der Waals surface area contributed by atoms with Gasteiger partial charge in [0, 0.05) is 19.7 Å². The topological polar surface area (TPSA) is 57.6 Å². The van der Waals surface area contributed by atoms with Gasteiger partial charge in [-0.15, -0.1) is 0 Å². The second-order valence-electron chi connectivity index (χ2n) is 5.35. The molecule has 1 N–H and O–H groups in total. The minimum absolute atomic E-state index is 0.0703. The van der Waals surface area contributed by atoms with Crippen molar-refractivity contribution in [1.29, 1.82) is 0 Å². The first-order chi connectivity index (χ1) is 8.51. The maximum atomic E-state index is 12.1. The van der Waals surface area contributed by atoms with E-state index in [2.05, 4.69) is 6.92 Å². The molecule has 0 saturated heterocycles. The van der Waals surface area contributed by atoms with Crippen molar-refractivity contribution in [2.75, 3.05) is 19.4 Å². The molecule has 5 heteroatoms. The van der Waals surface area contributed by atoms with E-state index in [1.54, 1.807) is 11.4 Å². The summed E-state index contributed by atoms with van der Waals surface area (Å²) < 4.78 is 25.8. The molecular weight excluding hydrogens is 250 g/mol. The molecule has 0 aliphatic heterocycles. The first-order valence-corrected chi connectivity index (χ1v) is 8.68. The number of sulfonamides is 1. The quantitative estimate of drug-likeness (QED) is 0.724. The molecule has 108 valence electrons. The van der Waals surface area contributed by atoms with E-state index < -0.39 is 10.0 Å². The SMILES string of the molecule is CCC1CCC(N(C)S(=O)(=O)CCCCO)CC1. The van der Waals surface area contributed by atoms with Crippen molar-refractivity contribution in [2.24, 2.45) is 5.92 Å². The lowest BCUT2D eigenvalue weighted by Crippen LogP contribution is -2.40. The zero-order valence-corrected chi connectivity index (χ0v) is 12.5. The van der Waals surface area contributed by atoms with Gasteiger partial charge >= 0.3 is 0 Å². The van der Waals surface area contributed by atoms with Gasteiger partial charge in [0.25, 0.3) is 0 Å². The van der Waals surface area contributed by atoms with E-state index in [1.807, 2.05) is 0 Å². The Bertz CT molecular complexity index is 321. The van der Waals surface area contributed by atoms with Crippen molar-refractivity contribution in [3.05, 3.63) is 0 Å². The van der Waals surface area contributed by atoms with Crippen LogP contribution in [0.3, 0.4) is 0 Å². The van der Waals surface area contributed by atoms with Crippen LogP contribution in [0.5, 0.6) is 0 Å². The summed E-state index contributed by atoms with van der Waals surface area (Å²) in [5.74, 6) is 0.948. The number of aliphatic hydroxyl groups excluding tert-OH is 1. The van der Waals surface area contributed by atoms with Crippen LogP contribution >= 0.6 is 0 Å². The van der Waals surface area contributed by atoms with Crippen LogP contribution in [0, 0.1) is 5.92 Å². The van der Waals surface area contributed by atoms with Gasteiger partial charge in [-0.05, 0) is 44.4 Å². The molecule has 0 amide bonds. The molecule has 0 unspecified atom stereocenters. The fraction of sp³-hybridized carbons (Fsp3) is 1.00. The summed E-state index contributed by atoms with van der Waals surface area (Å²) in [5.41, 5.74) is 0. The Labute approximate surface area is 111 Å². The summed E-state index contributed by atoms with van der Waals surface area (Å²) in [4.78, 5) is 0. The average molecular weight is 277 g/mol.